The molecule has 1 N–H and O–H groups in total. The Morgan fingerprint density at radius 2 is 2.08 bits per heavy atom. The van der Waals surface area contributed by atoms with Gasteiger partial charge in [0.2, 0.25) is 15.9 Å². The molecule has 134 valence electrons. The monoisotopic (exact) mass is 352 g/mol. The van der Waals surface area contributed by atoms with Crippen molar-refractivity contribution in [1.82, 2.24) is 9.62 Å². The van der Waals surface area contributed by atoms with Crippen molar-refractivity contribution in [2.45, 2.75) is 57.4 Å². The Labute approximate surface area is 145 Å². The van der Waals surface area contributed by atoms with Crippen molar-refractivity contribution in [1.29, 1.82) is 0 Å². The molecule has 1 aliphatic heterocycles. The fraction of sp³-hybridized carbons (Fsp3) is 0.611. The first kappa shape index (κ1) is 18.9. The molecule has 1 fully saturated rings. The van der Waals surface area contributed by atoms with Crippen LogP contribution in [0.4, 0.5) is 0 Å². The van der Waals surface area contributed by atoms with Gasteiger partial charge in [0.15, 0.2) is 0 Å². The maximum Gasteiger partial charge on any atom is 0.243 e. The van der Waals surface area contributed by atoms with E-state index in [0.29, 0.717) is 17.9 Å². The molecule has 1 aliphatic rings. The summed E-state index contributed by atoms with van der Waals surface area (Å²) in [6.07, 6.45) is 3.41. The number of rotatable bonds is 6. The van der Waals surface area contributed by atoms with Gasteiger partial charge in [-0.2, -0.15) is 4.31 Å². The van der Waals surface area contributed by atoms with Crippen LogP contribution in [-0.2, 0) is 14.8 Å². The summed E-state index contributed by atoms with van der Waals surface area (Å²) in [6, 6.07) is 6.86. The summed E-state index contributed by atoms with van der Waals surface area (Å²) in [6.45, 7) is 6.78. The molecule has 1 saturated heterocycles. The molecule has 1 amide bonds. The lowest BCUT2D eigenvalue weighted by Gasteiger charge is -2.36. The van der Waals surface area contributed by atoms with Crippen LogP contribution in [0.25, 0.3) is 0 Å². The lowest BCUT2D eigenvalue weighted by atomic mass is 9.94. The molecule has 0 saturated carbocycles. The normalized spacial score (nSPS) is 22.3. The van der Waals surface area contributed by atoms with Crippen molar-refractivity contribution in [3.8, 4) is 0 Å². The van der Waals surface area contributed by atoms with E-state index in [-0.39, 0.29) is 24.4 Å². The standard InChI is InChI=1S/C18H28N2O3S/c1-4-5-11-19-18(21)16-10-9-15(3)20(13-16)24(22,23)17-8-6-7-14(2)12-17/h6-8,12,15-16H,4-5,9-11,13H2,1-3H3,(H,19,21). The van der Waals surface area contributed by atoms with E-state index in [2.05, 4.69) is 12.2 Å². The van der Waals surface area contributed by atoms with Crippen molar-refractivity contribution in [2.24, 2.45) is 5.92 Å². The third kappa shape index (κ3) is 4.36. The van der Waals surface area contributed by atoms with Gasteiger partial charge in [-0.15, -0.1) is 0 Å². The van der Waals surface area contributed by atoms with Gasteiger partial charge in [-0.25, -0.2) is 8.42 Å². The van der Waals surface area contributed by atoms with Gasteiger partial charge < -0.3 is 5.32 Å². The van der Waals surface area contributed by atoms with Crippen LogP contribution in [0.1, 0.15) is 45.1 Å². The van der Waals surface area contributed by atoms with E-state index >= 15 is 0 Å². The van der Waals surface area contributed by atoms with Crippen LogP contribution in [0.3, 0.4) is 0 Å². The number of benzene rings is 1. The number of hydrogen-bond donors (Lipinski definition) is 1. The first-order chi connectivity index (χ1) is 11.4. The van der Waals surface area contributed by atoms with Gasteiger partial charge in [0, 0.05) is 19.1 Å². The molecule has 1 aromatic carbocycles. The highest BCUT2D eigenvalue weighted by Crippen LogP contribution is 2.28. The molecule has 1 aromatic rings. The quantitative estimate of drug-likeness (QED) is 0.801. The zero-order valence-electron chi connectivity index (χ0n) is 14.8. The summed E-state index contributed by atoms with van der Waals surface area (Å²) in [7, 11) is -3.57. The van der Waals surface area contributed by atoms with Crippen molar-refractivity contribution in [3.63, 3.8) is 0 Å². The molecule has 0 radical (unpaired) electrons. The Hall–Kier alpha value is -1.40. The number of unbranched alkanes of at least 4 members (excludes halogenated alkanes) is 1. The number of aryl methyl sites for hydroxylation is 1. The summed E-state index contributed by atoms with van der Waals surface area (Å²) in [4.78, 5) is 12.6. The number of nitrogens with zero attached hydrogens (tertiary/aromatic N) is 1. The second-order valence-electron chi connectivity index (χ2n) is 6.66. The second-order valence-corrected chi connectivity index (χ2v) is 8.55. The molecule has 0 bridgehead atoms. The summed E-state index contributed by atoms with van der Waals surface area (Å²) in [5.41, 5.74) is 0.912. The van der Waals surface area contributed by atoms with E-state index in [0.717, 1.165) is 24.8 Å². The molecule has 2 unspecified atom stereocenters. The number of nitrogens with one attached hydrogen (secondary N) is 1. The molecular weight excluding hydrogens is 324 g/mol. The topological polar surface area (TPSA) is 66.5 Å². The Bertz CT molecular complexity index is 673. The van der Waals surface area contributed by atoms with E-state index in [4.69, 9.17) is 0 Å². The number of carbonyl (C=O) groups is 1. The largest absolute Gasteiger partial charge is 0.356 e. The van der Waals surface area contributed by atoms with Gasteiger partial charge in [-0.1, -0.05) is 25.5 Å². The van der Waals surface area contributed by atoms with Crippen LogP contribution >= 0.6 is 0 Å². The molecule has 1 heterocycles. The molecule has 0 spiro atoms. The highest BCUT2D eigenvalue weighted by atomic mass is 32.2. The first-order valence-electron chi connectivity index (χ1n) is 8.72. The minimum absolute atomic E-state index is 0.0280. The fourth-order valence-electron chi connectivity index (χ4n) is 3.07. The lowest BCUT2D eigenvalue weighted by molar-refractivity contribution is -0.126. The third-order valence-electron chi connectivity index (χ3n) is 4.62. The molecule has 5 nitrogen and oxygen atoms in total. The van der Waals surface area contributed by atoms with Gasteiger partial charge in [0.05, 0.1) is 10.8 Å². The Morgan fingerprint density at radius 1 is 1.33 bits per heavy atom. The zero-order valence-corrected chi connectivity index (χ0v) is 15.6. The van der Waals surface area contributed by atoms with E-state index in [9.17, 15) is 13.2 Å². The number of piperidine rings is 1. The maximum atomic E-state index is 13.0. The van der Waals surface area contributed by atoms with Gasteiger partial charge in [-0.05, 0) is 50.8 Å². The zero-order chi connectivity index (χ0) is 17.7. The summed E-state index contributed by atoms with van der Waals surface area (Å²) >= 11 is 0. The number of sulfonamides is 1. The summed E-state index contributed by atoms with van der Waals surface area (Å²) in [5.74, 6) is -0.294. The Kier molecular flexibility index (Phi) is 6.40. The van der Waals surface area contributed by atoms with Crippen LogP contribution in [-0.4, -0.2) is 37.8 Å². The van der Waals surface area contributed by atoms with Crippen molar-refractivity contribution in [2.75, 3.05) is 13.1 Å². The summed E-state index contributed by atoms with van der Waals surface area (Å²) < 4.78 is 27.4. The number of carbonyl (C=O) groups excluding carboxylic acids is 1. The second kappa shape index (κ2) is 8.12. The van der Waals surface area contributed by atoms with E-state index in [1.54, 1.807) is 18.2 Å². The molecule has 2 rings (SSSR count). The first-order valence-corrected chi connectivity index (χ1v) is 10.2. The van der Waals surface area contributed by atoms with E-state index in [1.165, 1.54) is 4.31 Å². The van der Waals surface area contributed by atoms with Crippen molar-refractivity contribution in [3.05, 3.63) is 29.8 Å². The van der Waals surface area contributed by atoms with Gasteiger partial charge in [-0.3, -0.25) is 4.79 Å². The van der Waals surface area contributed by atoms with Crippen LogP contribution in [0, 0.1) is 12.8 Å². The van der Waals surface area contributed by atoms with Crippen LogP contribution in [0.15, 0.2) is 29.2 Å². The average Bonchev–Trinajstić information content (AvgIpc) is 2.55. The van der Waals surface area contributed by atoms with Crippen molar-refractivity contribution >= 4 is 15.9 Å². The highest BCUT2D eigenvalue weighted by Gasteiger charge is 2.37. The van der Waals surface area contributed by atoms with Crippen LogP contribution < -0.4 is 5.32 Å². The minimum Gasteiger partial charge on any atom is -0.356 e. The lowest BCUT2D eigenvalue weighted by Crippen LogP contribution is -2.49. The van der Waals surface area contributed by atoms with E-state index < -0.39 is 10.0 Å². The smallest absolute Gasteiger partial charge is 0.243 e. The van der Waals surface area contributed by atoms with Gasteiger partial charge in [0.25, 0.3) is 0 Å². The van der Waals surface area contributed by atoms with Crippen LogP contribution in [0.2, 0.25) is 0 Å². The molecule has 2 atom stereocenters. The van der Waals surface area contributed by atoms with Gasteiger partial charge in [0.1, 0.15) is 0 Å². The summed E-state index contributed by atoms with van der Waals surface area (Å²) in [5, 5.41) is 2.93. The molecule has 0 aromatic heterocycles. The number of hydrogen-bond acceptors (Lipinski definition) is 3. The Balaban J connectivity index is 2.14. The predicted molar refractivity (Wildman–Crippen MR) is 95.2 cm³/mol. The highest BCUT2D eigenvalue weighted by molar-refractivity contribution is 7.89. The molecule has 24 heavy (non-hydrogen) atoms. The van der Waals surface area contributed by atoms with Crippen molar-refractivity contribution < 1.29 is 13.2 Å². The molecule has 6 heteroatoms. The van der Waals surface area contributed by atoms with Gasteiger partial charge >= 0.3 is 0 Å². The van der Waals surface area contributed by atoms with Crippen LogP contribution in [0.5, 0.6) is 0 Å². The number of amides is 1. The minimum atomic E-state index is -3.57. The molecular formula is C18H28N2O3S. The maximum absolute atomic E-state index is 13.0. The van der Waals surface area contributed by atoms with E-state index in [1.807, 2.05) is 19.9 Å². The average molecular weight is 353 g/mol. The SMILES string of the molecule is CCCCNC(=O)C1CCC(C)N(S(=O)(=O)c2cccc(C)c2)C1. The predicted octanol–water partition coefficient (Wildman–Crippen LogP) is 2.70. The molecule has 0 aliphatic carbocycles. The third-order valence-corrected chi connectivity index (χ3v) is 6.60. The Morgan fingerprint density at radius 3 is 2.75 bits per heavy atom. The fourth-order valence-corrected chi connectivity index (χ4v) is 4.88.